The third kappa shape index (κ3) is 5.66. The van der Waals surface area contributed by atoms with Crippen LogP contribution >= 0.6 is 12.4 Å². The van der Waals surface area contributed by atoms with E-state index in [0.29, 0.717) is 0 Å². The van der Waals surface area contributed by atoms with Crippen molar-refractivity contribution in [1.82, 2.24) is 15.4 Å². The topological polar surface area (TPSA) is 87.3 Å². The fourth-order valence-electron chi connectivity index (χ4n) is 2.20. The van der Waals surface area contributed by atoms with E-state index in [1.165, 1.54) is 12.1 Å². The number of hydrogen-bond donors (Lipinski definition) is 3. The summed E-state index contributed by atoms with van der Waals surface area (Å²) in [7, 11) is -3.65. The molecule has 1 fully saturated rings. The summed E-state index contributed by atoms with van der Waals surface area (Å²) in [6.45, 7) is 1.32. The second kappa shape index (κ2) is 8.19. The van der Waals surface area contributed by atoms with E-state index in [-0.39, 0.29) is 30.4 Å². The van der Waals surface area contributed by atoms with Gasteiger partial charge in [0.05, 0.1) is 17.5 Å². The second-order valence-corrected chi connectivity index (χ2v) is 7.26. The van der Waals surface area contributed by atoms with Gasteiger partial charge in [0, 0.05) is 19.5 Å². The Morgan fingerprint density at radius 2 is 1.92 bits per heavy atom. The molecule has 0 aliphatic carbocycles. The Morgan fingerprint density at radius 1 is 1.29 bits per heavy atom. The van der Waals surface area contributed by atoms with Crippen LogP contribution in [0.25, 0.3) is 0 Å². The van der Waals surface area contributed by atoms with Gasteiger partial charge in [-0.2, -0.15) is 0 Å². The summed E-state index contributed by atoms with van der Waals surface area (Å²) in [4.78, 5) is 11.8. The highest BCUT2D eigenvalue weighted by molar-refractivity contribution is 7.89. The number of halogens is 3. The van der Waals surface area contributed by atoms with Crippen LogP contribution in [0.5, 0.6) is 0 Å². The minimum atomic E-state index is -3.65. The van der Waals surface area contributed by atoms with Crippen molar-refractivity contribution in [2.45, 2.75) is 30.2 Å². The molecule has 1 saturated heterocycles. The quantitative estimate of drug-likeness (QED) is 0.634. The maximum Gasteiger partial charge on any atom is 0.262 e. The Hall–Kier alpha value is -1.29. The van der Waals surface area contributed by atoms with Crippen LogP contribution < -0.4 is 15.4 Å². The Bertz CT molecular complexity index is 668. The zero-order valence-electron chi connectivity index (χ0n) is 13.0. The number of alkyl halides is 2. The first-order valence-corrected chi connectivity index (χ1v) is 8.63. The molecule has 1 unspecified atom stereocenters. The Balaban J connectivity index is 0.00000288. The molecule has 0 aromatic heterocycles. The average molecular weight is 384 g/mol. The van der Waals surface area contributed by atoms with Crippen molar-refractivity contribution in [2.24, 2.45) is 0 Å². The zero-order valence-corrected chi connectivity index (χ0v) is 14.6. The fraction of sp³-hybridized carbons (Fsp3) is 0.500. The number of sulfonamides is 1. The maximum atomic E-state index is 13.0. The predicted molar refractivity (Wildman–Crippen MR) is 88.0 cm³/mol. The van der Waals surface area contributed by atoms with Gasteiger partial charge >= 0.3 is 0 Å². The largest absolute Gasteiger partial charge is 0.353 e. The summed E-state index contributed by atoms with van der Waals surface area (Å²) in [5.41, 5.74) is 0.942. The van der Waals surface area contributed by atoms with E-state index in [9.17, 15) is 22.0 Å². The van der Waals surface area contributed by atoms with Crippen molar-refractivity contribution in [3.05, 3.63) is 29.8 Å². The van der Waals surface area contributed by atoms with Crippen LogP contribution in [0.1, 0.15) is 12.0 Å². The highest BCUT2D eigenvalue weighted by Crippen LogP contribution is 2.24. The van der Waals surface area contributed by atoms with Crippen LogP contribution in [0.3, 0.4) is 0 Å². The van der Waals surface area contributed by atoms with E-state index < -0.39 is 40.9 Å². The number of carbonyl (C=O) groups excluding carboxylic acids is 1. The molecular weight excluding hydrogens is 364 g/mol. The molecule has 1 aliphatic rings. The smallest absolute Gasteiger partial charge is 0.262 e. The summed E-state index contributed by atoms with van der Waals surface area (Å²) < 4.78 is 52.3. The highest BCUT2D eigenvalue weighted by atomic mass is 35.5. The summed E-state index contributed by atoms with van der Waals surface area (Å²) in [5.74, 6) is -3.44. The van der Waals surface area contributed by atoms with Crippen molar-refractivity contribution in [1.29, 1.82) is 0 Å². The van der Waals surface area contributed by atoms with Crippen molar-refractivity contribution in [3.63, 3.8) is 0 Å². The second-order valence-electron chi connectivity index (χ2n) is 5.50. The molecule has 2 rings (SSSR count). The van der Waals surface area contributed by atoms with Crippen molar-refractivity contribution < 1.29 is 22.0 Å². The molecule has 24 heavy (non-hydrogen) atoms. The van der Waals surface area contributed by atoms with Crippen molar-refractivity contribution in [2.75, 3.05) is 19.6 Å². The lowest BCUT2D eigenvalue weighted by Crippen LogP contribution is -2.43. The van der Waals surface area contributed by atoms with E-state index >= 15 is 0 Å². The molecule has 6 nitrogen and oxygen atoms in total. The lowest BCUT2D eigenvalue weighted by molar-refractivity contribution is -0.123. The third-order valence-electron chi connectivity index (χ3n) is 3.47. The molecule has 1 aromatic rings. The fourth-order valence-corrected chi connectivity index (χ4v) is 3.23. The van der Waals surface area contributed by atoms with Gasteiger partial charge in [-0.1, -0.05) is 17.7 Å². The summed E-state index contributed by atoms with van der Waals surface area (Å²) in [5, 5.41) is 4.87. The number of carbonyl (C=O) groups is 1. The maximum absolute atomic E-state index is 13.0. The van der Waals surface area contributed by atoms with Crippen LogP contribution in [-0.2, 0) is 14.8 Å². The standard InChI is InChI=1S/C14H19F2N3O3S.ClH/c1-10-2-4-11(5-3-10)23(21,22)19-7-6-17-13(20)12-8-14(15,16)9-18-12;/h2-5,12,18-19H,6-9H2,1H3,(H,17,20);1H. The monoisotopic (exact) mass is 383 g/mol. The lowest BCUT2D eigenvalue weighted by atomic mass is 10.2. The van der Waals surface area contributed by atoms with Crippen LogP contribution in [0, 0.1) is 6.92 Å². The van der Waals surface area contributed by atoms with E-state index in [4.69, 9.17) is 0 Å². The van der Waals surface area contributed by atoms with Gasteiger partial charge in [-0.3, -0.25) is 10.1 Å². The molecule has 0 saturated carbocycles. The minimum absolute atomic E-state index is 0. The van der Waals surface area contributed by atoms with Gasteiger partial charge in [-0.15, -0.1) is 12.4 Å². The van der Waals surface area contributed by atoms with Crippen LogP contribution in [0.15, 0.2) is 29.2 Å². The highest BCUT2D eigenvalue weighted by Gasteiger charge is 2.42. The minimum Gasteiger partial charge on any atom is -0.353 e. The van der Waals surface area contributed by atoms with Crippen molar-refractivity contribution in [3.8, 4) is 0 Å². The summed E-state index contributed by atoms with van der Waals surface area (Å²) in [6.07, 6.45) is -0.548. The van der Waals surface area contributed by atoms with Gasteiger partial charge in [0.25, 0.3) is 5.92 Å². The number of hydrogen-bond acceptors (Lipinski definition) is 4. The first kappa shape index (κ1) is 20.8. The molecule has 1 aromatic carbocycles. The van der Waals surface area contributed by atoms with E-state index in [0.717, 1.165) is 5.56 Å². The average Bonchev–Trinajstić information content (AvgIpc) is 2.84. The summed E-state index contributed by atoms with van der Waals surface area (Å²) >= 11 is 0. The number of amides is 1. The van der Waals surface area contributed by atoms with Gasteiger partial charge in [0.15, 0.2) is 0 Å². The first-order valence-electron chi connectivity index (χ1n) is 7.15. The van der Waals surface area contributed by atoms with Gasteiger partial charge in [-0.05, 0) is 19.1 Å². The van der Waals surface area contributed by atoms with Crippen molar-refractivity contribution >= 4 is 28.3 Å². The van der Waals surface area contributed by atoms with Gasteiger partial charge in [0.2, 0.25) is 15.9 Å². The van der Waals surface area contributed by atoms with Gasteiger partial charge in [-0.25, -0.2) is 21.9 Å². The van der Waals surface area contributed by atoms with E-state index in [2.05, 4.69) is 15.4 Å². The van der Waals surface area contributed by atoms with Gasteiger partial charge in [0.1, 0.15) is 0 Å². The van der Waals surface area contributed by atoms with Crippen LogP contribution in [-0.4, -0.2) is 45.9 Å². The SMILES string of the molecule is Cc1ccc(S(=O)(=O)NCCNC(=O)C2CC(F)(F)CN2)cc1.Cl. The van der Waals surface area contributed by atoms with E-state index in [1.54, 1.807) is 12.1 Å². The molecule has 0 spiro atoms. The molecule has 10 heteroatoms. The zero-order chi connectivity index (χ0) is 17.1. The van der Waals surface area contributed by atoms with Gasteiger partial charge < -0.3 is 5.32 Å². The molecule has 1 heterocycles. The number of nitrogens with one attached hydrogen (secondary N) is 3. The predicted octanol–water partition coefficient (Wildman–Crippen LogP) is 0.809. The lowest BCUT2D eigenvalue weighted by Gasteiger charge is -2.12. The van der Waals surface area contributed by atoms with Crippen LogP contribution in [0.4, 0.5) is 8.78 Å². The molecule has 136 valence electrons. The summed E-state index contributed by atoms with van der Waals surface area (Å²) in [6, 6.07) is 5.39. The number of aryl methyl sites for hydroxylation is 1. The number of rotatable bonds is 6. The molecule has 1 aliphatic heterocycles. The third-order valence-corrected chi connectivity index (χ3v) is 4.95. The Labute approximate surface area is 145 Å². The number of benzene rings is 1. The molecule has 0 bridgehead atoms. The Kier molecular flexibility index (Phi) is 7.09. The van der Waals surface area contributed by atoms with E-state index in [1.807, 2.05) is 6.92 Å². The molecule has 3 N–H and O–H groups in total. The molecular formula is C14H20ClF2N3O3S. The first-order chi connectivity index (χ1) is 10.7. The van der Waals surface area contributed by atoms with Crippen LogP contribution in [0.2, 0.25) is 0 Å². The normalized spacial score (nSPS) is 19.5. The molecule has 0 radical (unpaired) electrons. The molecule has 1 amide bonds. The molecule has 1 atom stereocenters. The Morgan fingerprint density at radius 3 is 2.46 bits per heavy atom.